The molecule has 1 aromatic rings. The first-order valence-corrected chi connectivity index (χ1v) is 7.29. The standard InChI is InChI=1S/C16H21NO5/c1-21-11-5-6-12(15(10-11)22-2)14(18)7-9-17-8-3-4-13(17)16(19)20/h5-6,10,13H,3-4,7-9H2,1-2H3,(H,19,20)/t13-/m0/s1. The molecule has 6 nitrogen and oxygen atoms in total. The van der Waals surface area contributed by atoms with E-state index in [4.69, 9.17) is 14.6 Å². The number of carboxylic acids is 1. The Kier molecular flexibility index (Phi) is 5.38. The van der Waals surface area contributed by atoms with E-state index in [-0.39, 0.29) is 12.2 Å². The molecule has 1 aliphatic heterocycles. The summed E-state index contributed by atoms with van der Waals surface area (Å²) in [7, 11) is 3.06. The molecule has 0 saturated carbocycles. The topological polar surface area (TPSA) is 76.1 Å². The van der Waals surface area contributed by atoms with Crippen LogP contribution in [0.15, 0.2) is 18.2 Å². The highest BCUT2D eigenvalue weighted by molar-refractivity contribution is 5.99. The van der Waals surface area contributed by atoms with E-state index >= 15 is 0 Å². The zero-order valence-electron chi connectivity index (χ0n) is 12.9. The number of hydrogen-bond acceptors (Lipinski definition) is 5. The molecule has 1 aliphatic rings. The van der Waals surface area contributed by atoms with Crippen LogP contribution in [0.1, 0.15) is 29.6 Å². The van der Waals surface area contributed by atoms with Crippen molar-refractivity contribution >= 4 is 11.8 Å². The molecule has 1 heterocycles. The number of hydrogen-bond donors (Lipinski definition) is 1. The largest absolute Gasteiger partial charge is 0.497 e. The highest BCUT2D eigenvalue weighted by atomic mass is 16.5. The van der Waals surface area contributed by atoms with Crippen LogP contribution in [-0.4, -0.2) is 55.1 Å². The molecule has 0 unspecified atom stereocenters. The van der Waals surface area contributed by atoms with Gasteiger partial charge in [-0.1, -0.05) is 0 Å². The van der Waals surface area contributed by atoms with Crippen LogP contribution >= 0.6 is 0 Å². The van der Waals surface area contributed by atoms with E-state index < -0.39 is 12.0 Å². The molecule has 1 N–H and O–H groups in total. The molecule has 0 amide bonds. The molecular formula is C16H21NO5. The summed E-state index contributed by atoms with van der Waals surface area (Å²) in [6.45, 7) is 1.18. The number of benzene rings is 1. The summed E-state index contributed by atoms with van der Waals surface area (Å²) in [5, 5.41) is 9.15. The third-order valence-corrected chi connectivity index (χ3v) is 3.98. The molecular weight excluding hydrogens is 286 g/mol. The van der Waals surface area contributed by atoms with Crippen LogP contribution in [0.3, 0.4) is 0 Å². The number of carbonyl (C=O) groups excluding carboxylic acids is 1. The summed E-state index contributed by atoms with van der Waals surface area (Å²) in [4.78, 5) is 25.4. The molecule has 6 heteroatoms. The van der Waals surface area contributed by atoms with E-state index in [2.05, 4.69) is 0 Å². The van der Waals surface area contributed by atoms with Crippen molar-refractivity contribution in [2.75, 3.05) is 27.3 Å². The first-order chi connectivity index (χ1) is 10.6. The first-order valence-electron chi connectivity index (χ1n) is 7.29. The Labute approximate surface area is 129 Å². The summed E-state index contributed by atoms with van der Waals surface area (Å²) in [5.41, 5.74) is 0.495. The van der Waals surface area contributed by atoms with Gasteiger partial charge < -0.3 is 14.6 Å². The van der Waals surface area contributed by atoms with Crippen LogP contribution in [0.4, 0.5) is 0 Å². The fourth-order valence-corrected chi connectivity index (χ4v) is 2.78. The maximum atomic E-state index is 12.4. The van der Waals surface area contributed by atoms with Crippen molar-refractivity contribution in [1.82, 2.24) is 4.90 Å². The predicted molar refractivity (Wildman–Crippen MR) is 80.7 cm³/mol. The lowest BCUT2D eigenvalue weighted by atomic mass is 10.1. The molecule has 0 aromatic heterocycles. The van der Waals surface area contributed by atoms with Gasteiger partial charge >= 0.3 is 5.97 Å². The van der Waals surface area contributed by atoms with Crippen LogP contribution < -0.4 is 9.47 Å². The number of carboxylic acid groups (broad SMARTS) is 1. The lowest BCUT2D eigenvalue weighted by Crippen LogP contribution is -2.37. The number of Topliss-reactive ketones (excluding diaryl/α,β-unsaturated/α-hetero) is 1. The van der Waals surface area contributed by atoms with Crippen molar-refractivity contribution < 1.29 is 24.2 Å². The summed E-state index contributed by atoms with van der Waals surface area (Å²) < 4.78 is 10.3. The van der Waals surface area contributed by atoms with Crippen LogP contribution in [-0.2, 0) is 4.79 Å². The number of rotatable bonds is 7. The predicted octanol–water partition coefficient (Wildman–Crippen LogP) is 1.83. The minimum Gasteiger partial charge on any atom is -0.497 e. The fourth-order valence-electron chi connectivity index (χ4n) is 2.78. The van der Waals surface area contributed by atoms with Crippen molar-refractivity contribution in [2.24, 2.45) is 0 Å². The van der Waals surface area contributed by atoms with Gasteiger partial charge in [0, 0.05) is 19.0 Å². The maximum Gasteiger partial charge on any atom is 0.320 e. The molecule has 0 bridgehead atoms. The van der Waals surface area contributed by atoms with Crippen molar-refractivity contribution in [1.29, 1.82) is 0 Å². The monoisotopic (exact) mass is 307 g/mol. The normalized spacial score (nSPS) is 18.2. The molecule has 0 aliphatic carbocycles. The van der Waals surface area contributed by atoms with Gasteiger partial charge in [-0.3, -0.25) is 14.5 Å². The second-order valence-corrected chi connectivity index (χ2v) is 5.27. The zero-order valence-corrected chi connectivity index (χ0v) is 12.9. The van der Waals surface area contributed by atoms with Gasteiger partial charge in [-0.2, -0.15) is 0 Å². The highest BCUT2D eigenvalue weighted by Gasteiger charge is 2.30. The van der Waals surface area contributed by atoms with Gasteiger partial charge in [0.25, 0.3) is 0 Å². The zero-order chi connectivity index (χ0) is 16.1. The first kappa shape index (κ1) is 16.3. The van der Waals surface area contributed by atoms with E-state index in [9.17, 15) is 9.59 Å². The van der Waals surface area contributed by atoms with Crippen LogP contribution in [0.2, 0.25) is 0 Å². The average Bonchev–Trinajstić information content (AvgIpc) is 3.00. The van der Waals surface area contributed by atoms with Crippen molar-refractivity contribution in [2.45, 2.75) is 25.3 Å². The lowest BCUT2D eigenvalue weighted by Gasteiger charge is -2.20. The number of ketones is 1. The van der Waals surface area contributed by atoms with Gasteiger partial charge in [-0.05, 0) is 31.5 Å². The molecule has 0 radical (unpaired) electrons. The van der Waals surface area contributed by atoms with Crippen molar-refractivity contribution in [3.8, 4) is 11.5 Å². The SMILES string of the molecule is COc1ccc(C(=O)CCN2CCC[C@H]2C(=O)O)c(OC)c1. The van der Waals surface area contributed by atoms with Gasteiger partial charge in [-0.25, -0.2) is 0 Å². The Morgan fingerprint density at radius 2 is 2.09 bits per heavy atom. The molecule has 1 saturated heterocycles. The Morgan fingerprint density at radius 3 is 2.73 bits per heavy atom. The second-order valence-electron chi connectivity index (χ2n) is 5.27. The second kappa shape index (κ2) is 7.26. The Bertz CT molecular complexity index is 557. The molecule has 22 heavy (non-hydrogen) atoms. The van der Waals surface area contributed by atoms with Crippen molar-refractivity contribution in [3.63, 3.8) is 0 Å². The van der Waals surface area contributed by atoms with Gasteiger partial charge in [0.2, 0.25) is 0 Å². The molecule has 1 aromatic carbocycles. The van der Waals surface area contributed by atoms with Gasteiger partial charge in [0.05, 0.1) is 19.8 Å². The van der Waals surface area contributed by atoms with Crippen LogP contribution in [0.25, 0.3) is 0 Å². The quantitative estimate of drug-likeness (QED) is 0.774. The Hall–Kier alpha value is -2.08. The summed E-state index contributed by atoms with van der Waals surface area (Å²) >= 11 is 0. The average molecular weight is 307 g/mol. The maximum absolute atomic E-state index is 12.4. The number of ether oxygens (including phenoxy) is 2. The van der Waals surface area contributed by atoms with Gasteiger partial charge in [-0.15, -0.1) is 0 Å². The number of methoxy groups -OCH3 is 2. The minimum absolute atomic E-state index is 0.0597. The number of aliphatic carboxylic acids is 1. The van der Waals surface area contributed by atoms with Crippen molar-refractivity contribution in [3.05, 3.63) is 23.8 Å². The molecule has 1 fully saturated rings. The number of carbonyl (C=O) groups is 2. The third-order valence-electron chi connectivity index (χ3n) is 3.98. The third kappa shape index (κ3) is 3.57. The minimum atomic E-state index is -0.813. The summed E-state index contributed by atoms with van der Waals surface area (Å²) in [5.74, 6) is 0.224. The van der Waals surface area contributed by atoms with Crippen LogP contribution in [0, 0.1) is 0 Å². The lowest BCUT2D eigenvalue weighted by molar-refractivity contribution is -0.142. The summed E-state index contributed by atoms with van der Waals surface area (Å²) in [6.07, 6.45) is 1.78. The van der Waals surface area contributed by atoms with E-state index in [1.54, 1.807) is 25.3 Å². The van der Waals surface area contributed by atoms with Gasteiger partial charge in [0.1, 0.15) is 17.5 Å². The number of nitrogens with zero attached hydrogens (tertiary/aromatic N) is 1. The molecule has 0 spiro atoms. The van der Waals surface area contributed by atoms with Crippen LogP contribution in [0.5, 0.6) is 11.5 Å². The highest BCUT2D eigenvalue weighted by Crippen LogP contribution is 2.26. The molecule has 120 valence electrons. The van der Waals surface area contributed by atoms with E-state index in [0.29, 0.717) is 30.0 Å². The van der Waals surface area contributed by atoms with E-state index in [1.165, 1.54) is 7.11 Å². The molecule has 2 rings (SSSR count). The van der Waals surface area contributed by atoms with Gasteiger partial charge in [0.15, 0.2) is 5.78 Å². The Morgan fingerprint density at radius 1 is 1.32 bits per heavy atom. The smallest absolute Gasteiger partial charge is 0.320 e. The number of likely N-dealkylation sites (tertiary alicyclic amines) is 1. The summed E-state index contributed by atoms with van der Waals surface area (Å²) in [6, 6.07) is 4.60. The van der Waals surface area contributed by atoms with E-state index in [0.717, 1.165) is 13.0 Å². The molecule has 1 atom stereocenters. The Balaban J connectivity index is 2.02. The fraction of sp³-hybridized carbons (Fsp3) is 0.500. The van der Waals surface area contributed by atoms with E-state index in [1.807, 2.05) is 4.90 Å².